The molecule has 6 nitrogen and oxygen atoms in total. The Kier molecular flexibility index (Phi) is 4.09. The van der Waals surface area contributed by atoms with E-state index in [0.717, 1.165) is 6.41 Å². The summed E-state index contributed by atoms with van der Waals surface area (Å²) in [5, 5.41) is 0. The van der Waals surface area contributed by atoms with Crippen LogP contribution in [0.5, 0.6) is 0 Å². The molecule has 0 aliphatic carbocycles. The number of carbonyl (C=O) groups excluding carboxylic acids is 3. The van der Waals surface area contributed by atoms with Crippen LogP contribution >= 0.6 is 0 Å². The van der Waals surface area contributed by atoms with Gasteiger partial charge in [-0.15, -0.1) is 0 Å². The summed E-state index contributed by atoms with van der Waals surface area (Å²) in [6.07, 6.45) is 0.745. The molecule has 1 heterocycles. The second-order valence-electron chi connectivity index (χ2n) is 4.94. The van der Waals surface area contributed by atoms with Crippen molar-refractivity contribution in [2.45, 2.75) is 26.4 Å². The molecule has 0 aromatic rings. The summed E-state index contributed by atoms with van der Waals surface area (Å²) in [6, 6.07) is 0. The molecule has 0 atom stereocenters. The van der Waals surface area contributed by atoms with Crippen molar-refractivity contribution < 1.29 is 19.1 Å². The van der Waals surface area contributed by atoms with Crippen LogP contribution in [0.3, 0.4) is 0 Å². The van der Waals surface area contributed by atoms with Gasteiger partial charge < -0.3 is 14.5 Å². The lowest BCUT2D eigenvalue weighted by molar-refractivity contribution is -0.168. The van der Waals surface area contributed by atoms with Crippen molar-refractivity contribution >= 4 is 18.3 Å². The van der Waals surface area contributed by atoms with E-state index in [1.165, 1.54) is 4.90 Å². The maximum atomic E-state index is 11.7. The Bertz CT molecular complexity index is 314. The molecule has 0 radical (unpaired) electrons. The SMILES string of the molecule is CC(C)(C)OC(=O)C(=O)N1CCN(C=O)CC1. The molecule has 0 saturated carbocycles. The summed E-state index contributed by atoms with van der Waals surface area (Å²) in [5.74, 6) is -1.47. The number of ether oxygens (including phenoxy) is 1. The molecule has 6 heteroatoms. The van der Waals surface area contributed by atoms with Crippen LogP contribution in [0.4, 0.5) is 0 Å². The Hall–Kier alpha value is -1.59. The first-order valence-electron chi connectivity index (χ1n) is 5.55. The monoisotopic (exact) mass is 242 g/mol. The molecule has 1 rings (SSSR count). The molecule has 0 aromatic carbocycles. The molecule has 96 valence electrons. The number of esters is 1. The van der Waals surface area contributed by atoms with Gasteiger partial charge in [-0.25, -0.2) is 4.79 Å². The lowest BCUT2D eigenvalue weighted by atomic mass is 10.2. The van der Waals surface area contributed by atoms with Crippen LogP contribution in [0.1, 0.15) is 20.8 Å². The maximum absolute atomic E-state index is 11.7. The van der Waals surface area contributed by atoms with Gasteiger partial charge in [-0.05, 0) is 20.8 Å². The molecule has 1 saturated heterocycles. The van der Waals surface area contributed by atoms with Crippen molar-refractivity contribution in [3.05, 3.63) is 0 Å². The van der Waals surface area contributed by atoms with Crippen molar-refractivity contribution in [1.82, 2.24) is 9.80 Å². The standard InChI is InChI=1S/C11H18N2O4/c1-11(2,3)17-10(16)9(15)13-6-4-12(8-14)5-7-13/h8H,4-7H2,1-3H3. The van der Waals surface area contributed by atoms with Crippen molar-refractivity contribution in [3.63, 3.8) is 0 Å². The zero-order valence-electron chi connectivity index (χ0n) is 10.4. The summed E-state index contributed by atoms with van der Waals surface area (Å²) in [5.41, 5.74) is -0.669. The van der Waals surface area contributed by atoms with Crippen molar-refractivity contribution in [2.75, 3.05) is 26.2 Å². The fourth-order valence-corrected chi connectivity index (χ4v) is 1.48. The quantitative estimate of drug-likeness (QED) is 0.357. The van der Waals surface area contributed by atoms with Crippen molar-refractivity contribution in [2.24, 2.45) is 0 Å². The third kappa shape index (κ3) is 4.05. The Morgan fingerprint density at radius 2 is 1.65 bits per heavy atom. The largest absolute Gasteiger partial charge is 0.453 e. The normalized spacial score (nSPS) is 16.6. The number of hydrogen-bond donors (Lipinski definition) is 0. The summed E-state index contributed by atoms with van der Waals surface area (Å²) < 4.78 is 4.99. The molecule has 1 aliphatic heterocycles. The van der Waals surface area contributed by atoms with Gasteiger partial charge in [0.05, 0.1) is 0 Å². The number of carbonyl (C=O) groups is 3. The first-order chi connectivity index (χ1) is 7.83. The smallest absolute Gasteiger partial charge is 0.397 e. The average molecular weight is 242 g/mol. The Morgan fingerprint density at radius 1 is 1.12 bits per heavy atom. The highest BCUT2D eigenvalue weighted by atomic mass is 16.6. The molecular weight excluding hydrogens is 224 g/mol. The van der Waals surface area contributed by atoms with E-state index in [1.54, 1.807) is 25.7 Å². The zero-order chi connectivity index (χ0) is 13.1. The molecule has 1 aliphatic rings. The minimum Gasteiger partial charge on any atom is -0.453 e. The molecule has 0 spiro atoms. The summed E-state index contributed by atoms with van der Waals surface area (Å²) in [4.78, 5) is 36.7. The Balaban J connectivity index is 2.49. The van der Waals surface area contributed by atoms with E-state index in [2.05, 4.69) is 0 Å². The third-order valence-corrected chi connectivity index (χ3v) is 2.32. The molecule has 0 N–H and O–H groups in total. The van der Waals surface area contributed by atoms with Gasteiger partial charge in [0.1, 0.15) is 5.60 Å². The van der Waals surface area contributed by atoms with Crippen molar-refractivity contribution in [3.8, 4) is 0 Å². The summed E-state index contributed by atoms with van der Waals surface area (Å²) in [7, 11) is 0. The summed E-state index contributed by atoms with van der Waals surface area (Å²) in [6.45, 7) is 6.79. The van der Waals surface area contributed by atoms with Gasteiger partial charge in [0.2, 0.25) is 6.41 Å². The second-order valence-corrected chi connectivity index (χ2v) is 4.94. The van der Waals surface area contributed by atoms with Gasteiger partial charge in [-0.1, -0.05) is 0 Å². The first kappa shape index (κ1) is 13.5. The zero-order valence-corrected chi connectivity index (χ0v) is 10.4. The van der Waals surface area contributed by atoms with E-state index in [-0.39, 0.29) is 0 Å². The number of piperazine rings is 1. The highest BCUT2D eigenvalue weighted by Gasteiger charge is 2.29. The minimum absolute atomic E-state index is 0.372. The van der Waals surface area contributed by atoms with Crippen LogP contribution in [-0.4, -0.2) is 59.9 Å². The molecule has 2 amide bonds. The highest BCUT2D eigenvalue weighted by molar-refractivity contribution is 6.32. The van der Waals surface area contributed by atoms with Gasteiger partial charge >= 0.3 is 11.9 Å². The molecule has 0 aromatic heterocycles. The molecule has 0 bridgehead atoms. The average Bonchev–Trinajstić information content (AvgIpc) is 2.26. The topological polar surface area (TPSA) is 66.9 Å². The van der Waals surface area contributed by atoms with Gasteiger partial charge in [-0.2, -0.15) is 0 Å². The van der Waals surface area contributed by atoms with Crippen LogP contribution in [-0.2, 0) is 19.1 Å². The molecule has 17 heavy (non-hydrogen) atoms. The van der Waals surface area contributed by atoms with Crippen LogP contribution < -0.4 is 0 Å². The first-order valence-corrected chi connectivity index (χ1v) is 5.55. The van der Waals surface area contributed by atoms with Gasteiger partial charge in [0.25, 0.3) is 0 Å². The van der Waals surface area contributed by atoms with E-state index in [4.69, 9.17) is 4.74 Å². The van der Waals surface area contributed by atoms with Gasteiger partial charge in [0.15, 0.2) is 0 Å². The fraction of sp³-hybridized carbons (Fsp3) is 0.727. The number of rotatable bonds is 1. The minimum atomic E-state index is -0.836. The molecular formula is C11H18N2O4. The number of amides is 2. The van der Waals surface area contributed by atoms with Crippen molar-refractivity contribution in [1.29, 1.82) is 0 Å². The second kappa shape index (κ2) is 5.16. The molecule has 0 unspecified atom stereocenters. The van der Waals surface area contributed by atoms with Crippen LogP contribution in [0.25, 0.3) is 0 Å². The lowest BCUT2D eigenvalue weighted by Crippen LogP contribution is -2.51. The van der Waals surface area contributed by atoms with Crippen LogP contribution in [0.2, 0.25) is 0 Å². The summed E-state index contributed by atoms with van der Waals surface area (Å²) >= 11 is 0. The van der Waals surface area contributed by atoms with E-state index >= 15 is 0 Å². The fourth-order valence-electron chi connectivity index (χ4n) is 1.48. The van der Waals surface area contributed by atoms with E-state index in [1.807, 2.05) is 0 Å². The number of hydrogen-bond acceptors (Lipinski definition) is 4. The van der Waals surface area contributed by atoms with E-state index in [9.17, 15) is 14.4 Å². The lowest BCUT2D eigenvalue weighted by Gasteiger charge is -2.32. The maximum Gasteiger partial charge on any atom is 0.397 e. The van der Waals surface area contributed by atoms with E-state index < -0.39 is 17.5 Å². The number of nitrogens with zero attached hydrogens (tertiary/aromatic N) is 2. The van der Waals surface area contributed by atoms with Gasteiger partial charge in [0, 0.05) is 26.2 Å². The van der Waals surface area contributed by atoms with Gasteiger partial charge in [-0.3, -0.25) is 9.59 Å². The Labute approximate surface area is 101 Å². The third-order valence-electron chi connectivity index (χ3n) is 2.32. The predicted molar refractivity (Wildman–Crippen MR) is 60.1 cm³/mol. The predicted octanol–water partition coefficient (Wildman–Crippen LogP) is -0.371. The van der Waals surface area contributed by atoms with Crippen LogP contribution in [0, 0.1) is 0 Å². The highest BCUT2D eigenvalue weighted by Crippen LogP contribution is 2.09. The van der Waals surface area contributed by atoms with E-state index in [0.29, 0.717) is 26.2 Å². The Morgan fingerprint density at radius 3 is 2.06 bits per heavy atom. The van der Waals surface area contributed by atoms with Crippen LogP contribution in [0.15, 0.2) is 0 Å². The molecule has 1 fully saturated rings.